The van der Waals surface area contributed by atoms with Crippen molar-refractivity contribution in [1.82, 2.24) is 0 Å². The van der Waals surface area contributed by atoms with Gasteiger partial charge in [0.15, 0.2) is 35.6 Å². The Kier molecular flexibility index (Phi) is 4.31. The Morgan fingerprint density at radius 3 is 1.41 bits per heavy atom. The first-order valence-corrected chi connectivity index (χ1v) is 6.28. The van der Waals surface area contributed by atoms with Crippen molar-refractivity contribution in [2.75, 3.05) is 14.2 Å². The lowest BCUT2D eigenvalue weighted by Crippen LogP contribution is -1.96. The zero-order valence-electron chi connectivity index (χ0n) is 12.0. The van der Waals surface area contributed by atoms with Gasteiger partial charge in [0.1, 0.15) is 0 Å². The molecule has 0 heterocycles. The van der Waals surface area contributed by atoms with E-state index in [1.165, 1.54) is 38.5 Å². The van der Waals surface area contributed by atoms with Crippen LogP contribution in [-0.4, -0.2) is 37.0 Å². The third-order valence-electron chi connectivity index (χ3n) is 3.25. The molecule has 0 amide bonds. The summed E-state index contributed by atoms with van der Waals surface area (Å²) in [4.78, 5) is 22.5. The van der Waals surface area contributed by atoms with E-state index in [1.807, 2.05) is 0 Å². The fourth-order valence-corrected chi connectivity index (χ4v) is 2.16. The van der Waals surface area contributed by atoms with E-state index < -0.39 is 0 Å². The lowest BCUT2D eigenvalue weighted by atomic mass is 9.95. The molecule has 0 saturated heterocycles. The van der Waals surface area contributed by atoms with E-state index in [0.29, 0.717) is 23.7 Å². The summed E-state index contributed by atoms with van der Waals surface area (Å²) in [6.07, 6.45) is 1.12. The second-order valence-corrected chi connectivity index (χ2v) is 4.46. The van der Waals surface area contributed by atoms with Crippen LogP contribution in [0.3, 0.4) is 0 Å². The van der Waals surface area contributed by atoms with Crippen LogP contribution < -0.4 is 9.47 Å². The average molecular weight is 302 g/mol. The number of hydrogen-bond acceptors (Lipinski definition) is 6. The minimum atomic E-state index is -0.188. The predicted molar refractivity (Wildman–Crippen MR) is 79.1 cm³/mol. The van der Waals surface area contributed by atoms with Gasteiger partial charge < -0.3 is 19.7 Å². The van der Waals surface area contributed by atoms with Crippen LogP contribution in [0.1, 0.15) is 20.7 Å². The molecule has 0 atom stereocenters. The fourth-order valence-electron chi connectivity index (χ4n) is 2.16. The number of rotatable bonds is 5. The third kappa shape index (κ3) is 2.58. The normalized spacial score (nSPS) is 10.1. The quantitative estimate of drug-likeness (QED) is 0.824. The molecular weight excluding hydrogens is 288 g/mol. The molecule has 6 nitrogen and oxygen atoms in total. The number of benzene rings is 2. The van der Waals surface area contributed by atoms with Gasteiger partial charge in [-0.05, 0) is 35.4 Å². The van der Waals surface area contributed by atoms with E-state index in [9.17, 15) is 19.8 Å². The van der Waals surface area contributed by atoms with E-state index in [0.717, 1.165) is 0 Å². The van der Waals surface area contributed by atoms with Crippen molar-refractivity contribution in [3.05, 3.63) is 35.4 Å². The van der Waals surface area contributed by atoms with Crippen molar-refractivity contribution in [2.24, 2.45) is 0 Å². The van der Waals surface area contributed by atoms with E-state index >= 15 is 0 Å². The summed E-state index contributed by atoms with van der Waals surface area (Å²) in [5.41, 5.74) is 1.11. The van der Waals surface area contributed by atoms with Crippen LogP contribution in [0.2, 0.25) is 0 Å². The Balaban J connectivity index is 2.79. The van der Waals surface area contributed by atoms with Crippen LogP contribution in [-0.2, 0) is 0 Å². The highest BCUT2D eigenvalue weighted by atomic mass is 16.5. The highest BCUT2D eigenvalue weighted by Crippen LogP contribution is 2.39. The van der Waals surface area contributed by atoms with E-state index in [4.69, 9.17) is 9.47 Å². The summed E-state index contributed by atoms with van der Waals surface area (Å²) in [5, 5.41) is 19.5. The SMILES string of the molecule is COc1cc(-c2cc(OC)c(O)cc2C=O)c(C=O)cc1O. The highest BCUT2D eigenvalue weighted by molar-refractivity contribution is 5.96. The maximum absolute atomic E-state index is 11.3. The van der Waals surface area contributed by atoms with Gasteiger partial charge in [0.2, 0.25) is 0 Å². The molecule has 0 aliphatic rings. The minimum absolute atomic E-state index is 0.157. The second kappa shape index (κ2) is 6.17. The first-order chi connectivity index (χ1) is 10.5. The zero-order chi connectivity index (χ0) is 16.3. The first-order valence-electron chi connectivity index (χ1n) is 6.28. The Hall–Kier alpha value is -3.02. The van der Waals surface area contributed by atoms with Gasteiger partial charge in [-0.15, -0.1) is 0 Å². The molecule has 114 valence electrons. The number of phenols is 2. The van der Waals surface area contributed by atoms with Crippen LogP contribution >= 0.6 is 0 Å². The maximum atomic E-state index is 11.3. The van der Waals surface area contributed by atoms with Gasteiger partial charge >= 0.3 is 0 Å². The van der Waals surface area contributed by atoms with Crippen LogP contribution in [0, 0.1) is 0 Å². The number of hydrogen-bond donors (Lipinski definition) is 2. The van der Waals surface area contributed by atoms with Gasteiger partial charge in [-0.3, -0.25) is 9.59 Å². The van der Waals surface area contributed by atoms with Gasteiger partial charge in [-0.25, -0.2) is 0 Å². The minimum Gasteiger partial charge on any atom is -0.504 e. The second-order valence-electron chi connectivity index (χ2n) is 4.46. The Morgan fingerprint density at radius 1 is 0.773 bits per heavy atom. The molecule has 6 heteroatoms. The van der Waals surface area contributed by atoms with Crippen molar-refractivity contribution >= 4 is 12.6 Å². The van der Waals surface area contributed by atoms with Gasteiger partial charge in [0.25, 0.3) is 0 Å². The zero-order valence-corrected chi connectivity index (χ0v) is 12.0. The molecular formula is C16H14O6. The van der Waals surface area contributed by atoms with E-state index in [-0.39, 0.29) is 34.1 Å². The molecule has 0 saturated carbocycles. The molecule has 2 N–H and O–H groups in total. The Bertz CT molecular complexity index is 672. The third-order valence-corrected chi connectivity index (χ3v) is 3.25. The summed E-state index contributed by atoms with van der Waals surface area (Å²) in [7, 11) is 2.74. The number of aromatic hydroxyl groups is 2. The summed E-state index contributed by atoms with van der Waals surface area (Å²) in [5.74, 6) is -0.0625. The summed E-state index contributed by atoms with van der Waals surface area (Å²) >= 11 is 0. The Labute approximate surface area is 126 Å². The molecule has 0 aliphatic heterocycles. The smallest absolute Gasteiger partial charge is 0.161 e. The van der Waals surface area contributed by atoms with Gasteiger partial charge in [-0.1, -0.05) is 0 Å². The lowest BCUT2D eigenvalue weighted by molar-refractivity contribution is 0.111. The highest BCUT2D eigenvalue weighted by Gasteiger charge is 2.17. The Morgan fingerprint density at radius 2 is 1.14 bits per heavy atom. The summed E-state index contributed by atoms with van der Waals surface area (Å²) in [6, 6.07) is 5.37. The fraction of sp³-hybridized carbons (Fsp3) is 0.125. The molecule has 2 aromatic rings. The van der Waals surface area contributed by atoms with Crippen molar-refractivity contribution < 1.29 is 29.3 Å². The molecule has 0 fully saturated rings. The average Bonchev–Trinajstić information content (AvgIpc) is 2.54. The van der Waals surface area contributed by atoms with Crippen LogP contribution in [0.5, 0.6) is 23.0 Å². The largest absolute Gasteiger partial charge is 0.504 e. The molecule has 0 unspecified atom stereocenters. The topological polar surface area (TPSA) is 93.1 Å². The molecule has 22 heavy (non-hydrogen) atoms. The van der Waals surface area contributed by atoms with E-state index in [2.05, 4.69) is 0 Å². The predicted octanol–water partition coefficient (Wildman–Crippen LogP) is 2.41. The van der Waals surface area contributed by atoms with Crippen LogP contribution in [0.25, 0.3) is 11.1 Å². The van der Waals surface area contributed by atoms with Crippen molar-refractivity contribution in [3.8, 4) is 34.1 Å². The lowest BCUT2D eigenvalue weighted by Gasteiger charge is -2.13. The maximum Gasteiger partial charge on any atom is 0.161 e. The number of carbonyl (C=O) groups excluding carboxylic acids is 2. The number of carbonyl (C=O) groups is 2. The van der Waals surface area contributed by atoms with Crippen LogP contribution in [0.15, 0.2) is 24.3 Å². The number of phenolic OH excluding ortho intramolecular Hbond substituents is 2. The first kappa shape index (κ1) is 15.4. The van der Waals surface area contributed by atoms with Crippen molar-refractivity contribution in [1.29, 1.82) is 0 Å². The van der Waals surface area contributed by atoms with E-state index in [1.54, 1.807) is 0 Å². The molecule has 0 aromatic heterocycles. The van der Waals surface area contributed by atoms with Gasteiger partial charge in [0.05, 0.1) is 14.2 Å². The van der Waals surface area contributed by atoms with Crippen molar-refractivity contribution in [2.45, 2.75) is 0 Å². The number of methoxy groups -OCH3 is 2. The summed E-state index contributed by atoms with van der Waals surface area (Å²) in [6.45, 7) is 0. The molecule has 0 radical (unpaired) electrons. The molecule has 2 aromatic carbocycles. The van der Waals surface area contributed by atoms with Crippen LogP contribution in [0.4, 0.5) is 0 Å². The molecule has 2 rings (SSSR count). The monoisotopic (exact) mass is 302 g/mol. The molecule has 0 aliphatic carbocycles. The summed E-state index contributed by atoms with van der Waals surface area (Å²) < 4.78 is 10.1. The number of aldehydes is 2. The standard InChI is InChI=1S/C16H14O6/c1-21-15-5-11(9(7-17)3-13(15)19)12-6-16(22-2)14(20)4-10(12)8-18/h3-8,19-20H,1-2H3. The van der Waals surface area contributed by atoms with Gasteiger partial charge in [0, 0.05) is 11.1 Å². The molecule has 0 bridgehead atoms. The van der Waals surface area contributed by atoms with Gasteiger partial charge in [-0.2, -0.15) is 0 Å². The molecule has 0 spiro atoms. The van der Waals surface area contributed by atoms with Crippen molar-refractivity contribution in [3.63, 3.8) is 0 Å². The number of ether oxygens (including phenoxy) is 2.